The lowest BCUT2D eigenvalue weighted by Crippen LogP contribution is -2.26. The van der Waals surface area contributed by atoms with Gasteiger partial charge in [0.25, 0.3) is 0 Å². The highest BCUT2D eigenvalue weighted by Gasteiger charge is 2.26. The SMILES string of the molecule is Sc1ccccc1NC(c1cccc(Br)c1)C(Nc1ccccc1S)c1cccc(Br)c1. The molecule has 2 atom stereocenters. The number of rotatable bonds is 7. The monoisotopic (exact) mass is 584 g/mol. The molecule has 0 aliphatic rings. The molecule has 4 aromatic rings. The van der Waals surface area contributed by atoms with Gasteiger partial charge in [-0.2, -0.15) is 0 Å². The van der Waals surface area contributed by atoms with Crippen molar-refractivity contribution in [3.8, 4) is 0 Å². The van der Waals surface area contributed by atoms with Crippen LogP contribution in [0.15, 0.2) is 116 Å². The lowest BCUT2D eigenvalue weighted by molar-refractivity contribution is 0.646. The van der Waals surface area contributed by atoms with Gasteiger partial charge in [-0.15, -0.1) is 25.3 Å². The normalized spacial score (nSPS) is 12.8. The second kappa shape index (κ2) is 10.8. The van der Waals surface area contributed by atoms with Crippen molar-refractivity contribution in [2.24, 2.45) is 0 Å². The molecule has 2 N–H and O–H groups in total. The fraction of sp³-hybridized carbons (Fsp3) is 0.0769. The van der Waals surface area contributed by atoms with Crippen LogP contribution in [0, 0.1) is 0 Å². The molecule has 2 nitrogen and oxygen atoms in total. The molecular weight excluding hydrogens is 564 g/mol. The van der Waals surface area contributed by atoms with E-state index in [1.165, 1.54) is 0 Å². The average molecular weight is 586 g/mol. The molecule has 32 heavy (non-hydrogen) atoms. The Bertz CT molecular complexity index is 1120. The largest absolute Gasteiger partial charge is 0.375 e. The van der Waals surface area contributed by atoms with Crippen LogP contribution in [0.1, 0.15) is 23.2 Å². The maximum Gasteiger partial charge on any atom is 0.0758 e. The van der Waals surface area contributed by atoms with Crippen molar-refractivity contribution in [3.05, 3.63) is 117 Å². The summed E-state index contributed by atoms with van der Waals surface area (Å²) in [4.78, 5) is 1.80. The molecule has 4 rings (SSSR count). The zero-order valence-corrected chi connectivity index (χ0v) is 22.0. The van der Waals surface area contributed by atoms with Crippen molar-refractivity contribution >= 4 is 68.5 Å². The highest BCUT2D eigenvalue weighted by atomic mass is 79.9. The number of thiol groups is 2. The smallest absolute Gasteiger partial charge is 0.0758 e. The molecule has 0 radical (unpaired) electrons. The van der Waals surface area contributed by atoms with Gasteiger partial charge in [0.1, 0.15) is 0 Å². The highest BCUT2D eigenvalue weighted by Crippen LogP contribution is 2.38. The Morgan fingerprint density at radius 1 is 0.531 bits per heavy atom. The minimum Gasteiger partial charge on any atom is -0.375 e. The zero-order valence-electron chi connectivity index (χ0n) is 17.0. The van der Waals surface area contributed by atoms with Crippen LogP contribution < -0.4 is 10.6 Å². The first-order valence-corrected chi connectivity index (χ1v) is 12.6. The first kappa shape index (κ1) is 23.3. The van der Waals surface area contributed by atoms with Crippen molar-refractivity contribution < 1.29 is 0 Å². The fourth-order valence-corrected chi connectivity index (χ4v) is 4.93. The van der Waals surface area contributed by atoms with Crippen LogP contribution in [-0.4, -0.2) is 0 Å². The van der Waals surface area contributed by atoms with E-state index in [-0.39, 0.29) is 12.1 Å². The number of halogens is 2. The van der Waals surface area contributed by atoms with E-state index in [9.17, 15) is 0 Å². The van der Waals surface area contributed by atoms with E-state index >= 15 is 0 Å². The Morgan fingerprint density at radius 3 is 1.31 bits per heavy atom. The van der Waals surface area contributed by atoms with Crippen LogP contribution >= 0.6 is 57.1 Å². The molecule has 0 fully saturated rings. The summed E-state index contributed by atoms with van der Waals surface area (Å²) in [5.74, 6) is 0. The second-order valence-corrected chi connectivity index (χ2v) is 10.2. The summed E-state index contributed by atoms with van der Waals surface area (Å²) in [5.41, 5.74) is 4.23. The Hall–Kier alpha value is -1.86. The third kappa shape index (κ3) is 5.73. The highest BCUT2D eigenvalue weighted by molar-refractivity contribution is 9.10. The summed E-state index contributed by atoms with van der Waals surface area (Å²) in [6.45, 7) is 0. The van der Waals surface area contributed by atoms with E-state index in [0.29, 0.717) is 0 Å². The average Bonchev–Trinajstić information content (AvgIpc) is 2.78. The topological polar surface area (TPSA) is 24.1 Å². The van der Waals surface area contributed by atoms with Crippen molar-refractivity contribution in [3.63, 3.8) is 0 Å². The van der Waals surface area contributed by atoms with Crippen LogP contribution in [0.3, 0.4) is 0 Å². The second-order valence-electron chi connectivity index (χ2n) is 7.39. The molecule has 0 saturated carbocycles. The predicted octanol–water partition coefficient (Wildman–Crippen LogP) is 8.80. The van der Waals surface area contributed by atoms with Gasteiger partial charge in [-0.25, -0.2) is 0 Å². The summed E-state index contributed by atoms with van der Waals surface area (Å²) >= 11 is 16.6. The van der Waals surface area contributed by atoms with Gasteiger partial charge in [-0.1, -0.05) is 80.4 Å². The maximum absolute atomic E-state index is 4.68. The summed E-state index contributed by atoms with van der Waals surface area (Å²) in [6.07, 6.45) is 0. The number of benzene rings is 4. The number of hydrogen-bond acceptors (Lipinski definition) is 4. The fourth-order valence-electron chi connectivity index (χ4n) is 3.64. The van der Waals surface area contributed by atoms with Gasteiger partial charge < -0.3 is 10.6 Å². The van der Waals surface area contributed by atoms with Gasteiger partial charge in [0.15, 0.2) is 0 Å². The standard InChI is InChI=1S/C26H22Br2N2S2/c27-19-9-5-7-17(15-19)25(29-21-11-1-3-13-23(21)31)26(18-8-6-10-20(28)16-18)30-22-12-2-4-14-24(22)32/h1-16,25-26,29-32H. The third-order valence-electron chi connectivity index (χ3n) is 5.18. The Labute approximate surface area is 216 Å². The molecule has 4 aromatic carbocycles. The number of anilines is 2. The van der Waals surface area contributed by atoms with Crippen LogP contribution in [0.25, 0.3) is 0 Å². The zero-order chi connectivity index (χ0) is 22.5. The van der Waals surface area contributed by atoms with Gasteiger partial charge >= 0.3 is 0 Å². The molecule has 0 aromatic heterocycles. The number of nitrogens with one attached hydrogen (secondary N) is 2. The van der Waals surface area contributed by atoms with Gasteiger partial charge in [0, 0.05) is 30.1 Å². The minimum absolute atomic E-state index is 0.0944. The first-order chi connectivity index (χ1) is 15.5. The van der Waals surface area contributed by atoms with Gasteiger partial charge in [0.05, 0.1) is 12.1 Å². The molecule has 0 amide bonds. The summed E-state index contributed by atoms with van der Waals surface area (Å²) in [5, 5.41) is 7.50. The Morgan fingerprint density at radius 2 is 0.938 bits per heavy atom. The van der Waals surface area contributed by atoms with E-state index < -0.39 is 0 Å². The predicted molar refractivity (Wildman–Crippen MR) is 148 cm³/mol. The molecule has 6 heteroatoms. The molecule has 0 aliphatic heterocycles. The molecule has 0 bridgehead atoms. The number of para-hydroxylation sites is 2. The minimum atomic E-state index is -0.0944. The first-order valence-electron chi connectivity index (χ1n) is 10.1. The maximum atomic E-state index is 4.68. The van der Waals surface area contributed by atoms with Crippen LogP contribution in [0.2, 0.25) is 0 Å². The van der Waals surface area contributed by atoms with Crippen molar-refractivity contribution in [2.75, 3.05) is 10.6 Å². The lowest BCUT2D eigenvalue weighted by atomic mass is 9.92. The van der Waals surface area contributed by atoms with Crippen molar-refractivity contribution in [1.29, 1.82) is 0 Å². The Balaban J connectivity index is 1.85. The van der Waals surface area contributed by atoms with E-state index in [2.05, 4.69) is 116 Å². The van der Waals surface area contributed by atoms with E-state index in [1.807, 2.05) is 48.5 Å². The van der Waals surface area contributed by atoms with Gasteiger partial charge in [0.2, 0.25) is 0 Å². The molecule has 0 heterocycles. The molecule has 0 spiro atoms. The Kier molecular flexibility index (Phi) is 7.89. The van der Waals surface area contributed by atoms with Crippen molar-refractivity contribution in [1.82, 2.24) is 0 Å². The lowest BCUT2D eigenvalue weighted by Gasteiger charge is -2.32. The van der Waals surface area contributed by atoms with Crippen LogP contribution in [0.4, 0.5) is 11.4 Å². The van der Waals surface area contributed by atoms with E-state index in [4.69, 9.17) is 0 Å². The molecular formula is C26H22Br2N2S2. The van der Waals surface area contributed by atoms with Gasteiger partial charge in [-0.05, 0) is 59.7 Å². The van der Waals surface area contributed by atoms with Crippen LogP contribution in [-0.2, 0) is 0 Å². The van der Waals surface area contributed by atoms with Gasteiger partial charge in [-0.3, -0.25) is 0 Å². The summed E-state index contributed by atoms with van der Waals surface area (Å²) in [7, 11) is 0. The molecule has 2 unspecified atom stereocenters. The molecule has 0 aliphatic carbocycles. The molecule has 162 valence electrons. The quantitative estimate of drug-likeness (QED) is 0.163. The van der Waals surface area contributed by atoms with Crippen LogP contribution in [0.5, 0.6) is 0 Å². The summed E-state index contributed by atoms with van der Waals surface area (Å²) in [6, 6.07) is 32.7. The van der Waals surface area contributed by atoms with E-state index in [0.717, 1.165) is 41.2 Å². The summed E-state index contributed by atoms with van der Waals surface area (Å²) < 4.78 is 2.06. The van der Waals surface area contributed by atoms with Crippen molar-refractivity contribution in [2.45, 2.75) is 21.9 Å². The third-order valence-corrected chi connectivity index (χ3v) is 6.95. The molecule has 0 saturated heterocycles. The number of hydrogen-bond donors (Lipinski definition) is 4. The van der Waals surface area contributed by atoms with E-state index in [1.54, 1.807) is 0 Å².